The third kappa shape index (κ3) is 5.60. The van der Waals surface area contributed by atoms with Gasteiger partial charge in [0.1, 0.15) is 17.7 Å². The van der Waals surface area contributed by atoms with E-state index in [9.17, 15) is 14.9 Å². The van der Waals surface area contributed by atoms with Crippen molar-refractivity contribution in [1.29, 1.82) is 5.26 Å². The lowest BCUT2D eigenvalue weighted by Gasteiger charge is -2.07. The number of rotatable bonds is 7. The molecule has 0 aliphatic carbocycles. The number of hydrogen-bond donors (Lipinski definition) is 2. The summed E-state index contributed by atoms with van der Waals surface area (Å²) in [5.41, 5.74) is 2.33. The molecule has 2 aromatic rings. The van der Waals surface area contributed by atoms with Crippen LogP contribution in [0.5, 0.6) is 0 Å². The minimum absolute atomic E-state index is 0.179. The predicted molar refractivity (Wildman–Crippen MR) is 101 cm³/mol. The van der Waals surface area contributed by atoms with Crippen molar-refractivity contribution < 1.29 is 14.3 Å². The van der Waals surface area contributed by atoms with Crippen molar-refractivity contribution in [3.05, 3.63) is 51.9 Å². The Labute approximate surface area is 156 Å². The van der Waals surface area contributed by atoms with Crippen molar-refractivity contribution in [2.24, 2.45) is 0 Å². The van der Waals surface area contributed by atoms with Crippen LogP contribution in [0.1, 0.15) is 34.4 Å². The van der Waals surface area contributed by atoms with Crippen LogP contribution in [0, 0.1) is 25.2 Å². The number of alkyl carbamates (subject to hydrolysis) is 1. The summed E-state index contributed by atoms with van der Waals surface area (Å²) in [5.74, 6) is -0.179. The summed E-state index contributed by atoms with van der Waals surface area (Å²) in [6.07, 6.45) is 0.225. The summed E-state index contributed by atoms with van der Waals surface area (Å²) in [4.78, 5) is 24.6. The first-order valence-electron chi connectivity index (χ1n) is 8.25. The number of nitriles is 1. The molecule has 1 aromatic carbocycles. The van der Waals surface area contributed by atoms with Crippen LogP contribution in [0.25, 0.3) is 0 Å². The molecule has 2 rings (SSSR count). The first-order chi connectivity index (χ1) is 12.5. The highest BCUT2D eigenvalue weighted by atomic mass is 32.1. The Balaban J connectivity index is 1.66. The quantitative estimate of drug-likeness (QED) is 0.723. The van der Waals surface area contributed by atoms with Crippen LogP contribution in [-0.2, 0) is 16.1 Å². The number of carbonyl (C=O) groups is 2. The predicted octanol–water partition coefficient (Wildman–Crippen LogP) is 3.88. The zero-order chi connectivity index (χ0) is 18.9. The van der Waals surface area contributed by atoms with E-state index in [1.807, 2.05) is 44.2 Å². The summed E-state index contributed by atoms with van der Waals surface area (Å²) in [6.45, 7) is 4.34. The molecule has 0 aliphatic rings. The van der Waals surface area contributed by atoms with E-state index in [0.717, 1.165) is 16.0 Å². The second-order valence-corrected chi connectivity index (χ2v) is 6.96. The van der Waals surface area contributed by atoms with Gasteiger partial charge in [-0.1, -0.05) is 30.3 Å². The molecular formula is C19H21N3O3S. The van der Waals surface area contributed by atoms with Crippen molar-refractivity contribution >= 4 is 28.3 Å². The number of anilines is 1. The molecule has 2 amide bonds. The van der Waals surface area contributed by atoms with Gasteiger partial charge in [-0.15, -0.1) is 11.3 Å². The van der Waals surface area contributed by atoms with Gasteiger partial charge in [0.05, 0.1) is 5.56 Å². The number of nitrogens with one attached hydrogen (secondary N) is 2. The fourth-order valence-corrected chi connectivity index (χ4v) is 3.28. The monoisotopic (exact) mass is 371 g/mol. The zero-order valence-electron chi connectivity index (χ0n) is 14.8. The van der Waals surface area contributed by atoms with Crippen molar-refractivity contribution in [1.82, 2.24) is 5.32 Å². The Kier molecular flexibility index (Phi) is 7.18. The number of aryl methyl sites for hydroxylation is 1. The number of hydrogen-bond acceptors (Lipinski definition) is 5. The molecule has 0 spiro atoms. The molecule has 0 atom stereocenters. The number of thiophene rings is 1. The summed E-state index contributed by atoms with van der Waals surface area (Å²) in [6, 6.07) is 11.5. The molecular weight excluding hydrogens is 350 g/mol. The van der Waals surface area contributed by atoms with Crippen molar-refractivity contribution in [3.8, 4) is 6.07 Å². The van der Waals surface area contributed by atoms with Gasteiger partial charge in [0.2, 0.25) is 5.91 Å². The molecule has 0 fully saturated rings. The van der Waals surface area contributed by atoms with Crippen molar-refractivity contribution in [2.45, 2.75) is 33.3 Å². The van der Waals surface area contributed by atoms with Gasteiger partial charge in [-0.25, -0.2) is 4.79 Å². The summed E-state index contributed by atoms with van der Waals surface area (Å²) < 4.78 is 5.09. The highest BCUT2D eigenvalue weighted by molar-refractivity contribution is 7.16. The van der Waals surface area contributed by atoms with E-state index in [1.54, 1.807) is 0 Å². The van der Waals surface area contributed by atoms with Gasteiger partial charge in [0, 0.05) is 17.8 Å². The van der Waals surface area contributed by atoms with Gasteiger partial charge < -0.3 is 15.4 Å². The number of amides is 2. The molecule has 26 heavy (non-hydrogen) atoms. The van der Waals surface area contributed by atoms with Crippen LogP contribution >= 0.6 is 11.3 Å². The second-order valence-electron chi connectivity index (χ2n) is 5.74. The molecule has 0 saturated heterocycles. The Bertz CT molecular complexity index is 809. The summed E-state index contributed by atoms with van der Waals surface area (Å²) in [7, 11) is 0. The first kappa shape index (κ1) is 19.5. The molecule has 0 unspecified atom stereocenters. The fraction of sp³-hybridized carbons (Fsp3) is 0.316. The molecule has 6 nitrogen and oxygen atoms in total. The molecule has 7 heteroatoms. The van der Waals surface area contributed by atoms with Crippen LogP contribution in [0.4, 0.5) is 9.80 Å². The van der Waals surface area contributed by atoms with E-state index in [2.05, 4.69) is 16.7 Å². The number of ether oxygens (including phenoxy) is 1. The lowest BCUT2D eigenvalue weighted by molar-refractivity contribution is -0.116. The second kappa shape index (κ2) is 9.59. The molecule has 136 valence electrons. The third-order valence-electron chi connectivity index (χ3n) is 3.81. The average Bonchev–Trinajstić information content (AvgIpc) is 2.90. The Morgan fingerprint density at radius 3 is 2.65 bits per heavy atom. The number of benzene rings is 1. The minimum Gasteiger partial charge on any atom is -0.445 e. The molecule has 1 heterocycles. The smallest absolute Gasteiger partial charge is 0.407 e. The van der Waals surface area contributed by atoms with Crippen molar-refractivity contribution in [3.63, 3.8) is 0 Å². The summed E-state index contributed by atoms with van der Waals surface area (Å²) in [5, 5.41) is 15.2. The van der Waals surface area contributed by atoms with Crippen LogP contribution in [-0.4, -0.2) is 18.5 Å². The molecule has 0 aliphatic heterocycles. The third-order valence-corrected chi connectivity index (χ3v) is 4.94. The Morgan fingerprint density at radius 1 is 1.23 bits per heavy atom. The van der Waals surface area contributed by atoms with Gasteiger partial charge in [-0.05, 0) is 31.4 Å². The highest BCUT2D eigenvalue weighted by Gasteiger charge is 2.14. The van der Waals surface area contributed by atoms with E-state index in [4.69, 9.17) is 4.74 Å². The zero-order valence-corrected chi connectivity index (χ0v) is 15.6. The van der Waals surface area contributed by atoms with Gasteiger partial charge in [-0.3, -0.25) is 4.79 Å². The standard InChI is InChI=1S/C19H21N3O3S/c1-13-14(2)26-18(16(13)11-20)22-17(23)9-6-10-21-19(24)25-12-15-7-4-3-5-8-15/h3-5,7-8H,6,9-10,12H2,1-2H3,(H,21,24)(H,22,23). The largest absolute Gasteiger partial charge is 0.445 e. The van der Waals surface area contributed by atoms with Crippen LogP contribution in [0.15, 0.2) is 30.3 Å². The van der Waals surface area contributed by atoms with E-state index < -0.39 is 6.09 Å². The lowest BCUT2D eigenvalue weighted by atomic mass is 10.2. The Hall–Kier alpha value is -2.85. The maximum Gasteiger partial charge on any atom is 0.407 e. The summed E-state index contributed by atoms with van der Waals surface area (Å²) >= 11 is 1.40. The Morgan fingerprint density at radius 2 is 1.96 bits per heavy atom. The van der Waals surface area contributed by atoms with Crippen molar-refractivity contribution in [2.75, 3.05) is 11.9 Å². The maximum absolute atomic E-state index is 12.0. The van der Waals surface area contributed by atoms with Gasteiger partial charge in [-0.2, -0.15) is 5.26 Å². The molecule has 0 bridgehead atoms. The SMILES string of the molecule is Cc1sc(NC(=O)CCCNC(=O)OCc2ccccc2)c(C#N)c1C. The van der Waals surface area contributed by atoms with E-state index >= 15 is 0 Å². The minimum atomic E-state index is -0.509. The lowest BCUT2D eigenvalue weighted by Crippen LogP contribution is -2.26. The number of carbonyl (C=O) groups excluding carboxylic acids is 2. The van der Waals surface area contributed by atoms with Crippen LogP contribution in [0.2, 0.25) is 0 Å². The van der Waals surface area contributed by atoms with Crippen LogP contribution < -0.4 is 10.6 Å². The molecule has 1 aromatic heterocycles. The maximum atomic E-state index is 12.0. The number of nitrogens with zero attached hydrogens (tertiary/aromatic N) is 1. The average molecular weight is 371 g/mol. The molecule has 0 saturated carbocycles. The first-order valence-corrected chi connectivity index (χ1v) is 9.07. The van der Waals surface area contributed by atoms with E-state index in [0.29, 0.717) is 23.5 Å². The van der Waals surface area contributed by atoms with Gasteiger partial charge in [0.15, 0.2) is 0 Å². The molecule has 0 radical (unpaired) electrons. The van der Waals surface area contributed by atoms with Gasteiger partial charge in [0.25, 0.3) is 0 Å². The highest BCUT2D eigenvalue weighted by Crippen LogP contribution is 2.31. The van der Waals surface area contributed by atoms with E-state index in [1.165, 1.54) is 11.3 Å². The topological polar surface area (TPSA) is 91.2 Å². The van der Waals surface area contributed by atoms with Gasteiger partial charge >= 0.3 is 6.09 Å². The van der Waals surface area contributed by atoms with Crippen LogP contribution in [0.3, 0.4) is 0 Å². The normalized spacial score (nSPS) is 10.0. The van der Waals surface area contributed by atoms with E-state index in [-0.39, 0.29) is 18.9 Å². The molecule has 2 N–H and O–H groups in total. The fourth-order valence-electron chi connectivity index (χ4n) is 2.25.